The lowest BCUT2D eigenvalue weighted by Crippen LogP contribution is -2.14. The van der Waals surface area contributed by atoms with E-state index in [1.54, 1.807) is 36.7 Å². The second-order valence-electron chi connectivity index (χ2n) is 3.55. The van der Waals surface area contributed by atoms with E-state index in [4.69, 9.17) is 17.3 Å². The van der Waals surface area contributed by atoms with Gasteiger partial charge in [-0.3, -0.25) is 9.78 Å². The van der Waals surface area contributed by atoms with Gasteiger partial charge in [0.05, 0.1) is 28.2 Å². The number of aromatic nitrogens is 1. The molecule has 2 rings (SSSR count). The van der Waals surface area contributed by atoms with Crippen LogP contribution < -0.4 is 11.1 Å². The van der Waals surface area contributed by atoms with Gasteiger partial charge in [-0.15, -0.1) is 0 Å². The Balaban J connectivity index is 2.25. The molecule has 92 valence electrons. The molecule has 0 aliphatic rings. The molecule has 4 nitrogen and oxygen atoms in total. The maximum atomic E-state index is 12.0. The Kier molecular flexibility index (Phi) is 3.84. The lowest BCUT2D eigenvalue weighted by Gasteiger charge is -2.08. The van der Waals surface area contributed by atoms with E-state index in [2.05, 4.69) is 26.2 Å². The van der Waals surface area contributed by atoms with Crippen LogP contribution in [0.3, 0.4) is 0 Å². The predicted molar refractivity (Wildman–Crippen MR) is 75.8 cm³/mol. The number of carbonyl (C=O) groups excluding carboxylic acids is 1. The molecule has 0 fully saturated rings. The molecule has 1 aromatic carbocycles. The fraction of sp³-hybridized carbons (Fsp3) is 0. The standard InChI is InChI=1S/C12H9BrClN3O/c13-7-4-8(6-16-5-7)17-12(18)9-2-1-3-10(14)11(9)15/h1-6H,15H2,(H,17,18). The van der Waals surface area contributed by atoms with E-state index in [0.29, 0.717) is 16.3 Å². The van der Waals surface area contributed by atoms with Gasteiger partial charge in [-0.1, -0.05) is 17.7 Å². The summed E-state index contributed by atoms with van der Waals surface area (Å²) in [4.78, 5) is 16.0. The highest BCUT2D eigenvalue weighted by molar-refractivity contribution is 9.10. The summed E-state index contributed by atoms with van der Waals surface area (Å²) in [6.07, 6.45) is 3.17. The number of pyridine rings is 1. The van der Waals surface area contributed by atoms with E-state index in [1.807, 2.05) is 0 Å². The number of hydrogen-bond donors (Lipinski definition) is 2. The topological polar surface area (TPSA) is 68.0 Å². The number of para-hydroxylation sites is 1. The van der Waals surface area contributed by atoms with E-state index in [-0.39, 0.29) is 11.6 Å². The molecule has 1 aromatic heterocycles. The van der Waals surface area contributed by atoms with Crippen LogP contribution >= 0.6 is 27.5 Å². The Morgan fingerprint density at radius 3 is 2.89 bits per heavy atom. The van der Waals surface area contributed by atoms with Gasteiger partial charge in [0.15, 0.2) is 0 Å². The van der Waals surface area contributed by atoms with Gasteiger partial charge in [0.2, 0.25) is 0 Å². The number of nitrogens with two attached hydrogens (primary N) is 1. The first kappa shape index (κ1) is 12.9. The molecule has 0 radical (unpaired) electrons. The van der Waals surface area contributed by atoms with Gasteiger partial charge in [0.1, 0.15) is 0 Å². The van der Waals surface area contributed by atoms with Crippen LogP contribution in [-0.2, 0) is 0 Å². The number of anilines is 2. The van der Waals surface area contributed by atoms with Crippen LogP contribution in [0.25, 0.3) is 0 Å². The summed E-state index contributed by atoms with van der Waals surface area (Å²) >= 11 is 9.14. The van der Waals surface area contributed by atoms with Crippen molar-refractivity contribution in [3.05, 3.63) is 51.7 Å². The number of halogens is 2. The zero-order chi connectivity index (χ0) is 13.1. The molecule has 0 aliphatic heterocycles. The van der Waals surface area contributed by atoms with Crippen molar-refractivity contribution in [2.75, 3.05) is 11.1 Å². The van der Waals surface area contributed by atoms with Crippen molar-refractivity contribution >= 4 is 44.8 Å². The van der Waals surface area contributed by atoms with Crippen molar-refractivity contribution < 1.29 is 4.79 Å². The average Bonchev–Trinajstić information content (AvgIpc) is 2.32. The van der Waals surface area contributed by atoms with Crippen molar-refractivity contribution in [1.29, 1.82) is 0 Å². The molecule has 0 saturated carbocycles. The Labute approximate surface area is 117 Å². The van der Waals surface area contributed by atoms with E-state index in [9.17, 15) is 4.79 Å². The minimum Gasteiger partial charge on any atom is -0.397 e. The van der Waals surface area contributed by atoms with E-state index < -0.39 is 0 Å². The van der Waals surface area contributed by atoms with Crippen LogP contribution in [-0.4, -0.2) is 10.9 Å². The van der Waals surface area contributed by atoms with Gasteiger partial charge in [-0.05, 0) is 34.1 Å². The van der Waals surface area contributed by atoms with Gasteiger partial charge in [-0.25, -0.2) is 0 Å². The normalized spacial score (nSPS) is 10.1. The summed E-state index contributed by atoms with van der Waals surface area (Å²) in [5.41, 5.74) is 6.93. The van der Waals surface area contributed by atoms with Crippen LogP contribution in [0.5, 0.6) is 0 Å². The third-order valence-corrected chi connectivity index (χ3v) is 3.02. The van der Waals surface area contributed by atoms with Gasteiger partial charge >= 0.3 is 0 Å². The number of nitrogens with one attached hydrogen (secondary N) is 1. The molecule has 3 N–H and O–H groups in total. The highest BCUT2D eigenvalue weighted by Gasteiger charge is 2.12. The van der Waals surface area contributed by atoms with Crippen LogP contribution in [0.2, 0.25) is 5.02 Å². The Morgan fingerprint density at radius 1 is 1.39 bits per heavy atom. The van der Waals surface area contributed by atoms with E-state index in [1.165, 1.54) is 0 Å². The van der Waals surface area contributed by atoms with E-state index >= 15 is 0 Å². The molecule has 0 atom stereocenters. The maximum absolute atomic E-state index is 12.0. The van der Waals surface area contributed by atoms with Gasteiger partial charge in [0.25, 0.3) is 5.91 Å². The third-order valence-electron chi connectivity index (χ3n) is 2.26. The Bertz CT molecular complexity index is 604. The first-order valence-corrected chi connectivity index (χ1v) is 6.21. The highest BCUT2D eigenvalue weighted by Crippen LogP contribution is 2.23. The fourth-order valence-electron chi connectivity index (χ4n) is 1.41. The minimum absolute atomic E-state index is 0.264. The summed E-state index contributed by atoms with van der Waals surface area (Å²) in [5.74, 6) is -0.324. The van der Waals surface area contributed by atoms with Crippen molar-refractivity contribution in [2.45, 2.75) is 0 Å². The van der Waals surface area contributed by atoms with Crippen molar-refractivity contribution in [3.8, 4) is 0 Å². The zero-order valence-corrected chi connectivity index (χ0v) is 11.5. The van der Waals surface area contributed by atoms with Crippen molar-refractivity contribution in [1.82, 2.24) is 4.98 Å². The number of nitrogen functional groups attached to an aromatic ring is 1. The molecule has 0 spiro atoms. The fourth-order valence-corrected chi connectivity index (χ4v) is 1.95. The monoisotopic (exact) mass is 325 g/mol. The lowest BCUT2D eigenvalue weighted by molar-refractivity contribution is 0.102. The summed E-state index contributed by atoms with van der Waals surface area (Å²) < 4.78 is 0.777. The SMILES string of the molecule is Nc1c(Cl)cccc1C(=O)Nc1cncc(Br)c1. The Hall–Kier alpha value is -1.59. The molecular weight excluding hydrogens is 318 g/mol. The molecular formula is C12H9BrClN3O. The molecule has 0 unspecified atom stereocenters. The molecule has 1 heterocycles. The summed E-state index contributed by atoms with van der Waals surface area (Å²) in [7, 11) is 0. The molecule has 2 aromatic rings. The largest absolute Gasteiger partial charge is 0.397 e. The molecule has 6 heteroatoms. The number of amides is 1. The number of carbonyl (C=O) groups is 1. The molecule has 0 bridgehead atoms. The first-order chi connectivity index (χ1) is 8.58. The molecule has 1 amide bonds. The quantitative estimate of drug-likeness (QED) is 0.832. The summed E-state index contributed by atoms with van der Waals surface area (Å²) in [6, 6.07) is 6.66. The highest BCUT2D eigenvalue weighted by atomic mass is 79.9. The number of nitrogens with zero attached hydrogens (tertiary/aromatic N) is 1. The predicted octanol–water partition coefficient (Wildman–Crippen LogP) is 3.33. The molecule has 0 aliphatic carbocycles. The van der Waals surface area contributed by atoms with Crippen LogP contribution in [0.15, 0.2) is 41.1 Å². The van der Waals surface area contributed by atoms with Crippen LogP contribution in [0.1, 0.15) is 10.4 Å². The molecule has 18 heavy (non-hydrogen) atoms. The van der Waals surface area contributed by atoms with Crippen molar-refractivity contribution in [2.24, 2.45) is 0 Å². The average molecular weight is 327 g/mol. The smallest absolute Gasteiger partial charge is 0.257 e. The minimum atomic E-state index is -0.324. The maximum Gasteiger partial charge on any atom is 0.257 e. The Morgan fingerprint density at radius 2 is 2.17 bits per heavy atom. The van der Waals surface area contributed by atoms with Crippen LogP contribution in [0.4, 0.5) is 11.4 Å². The first-order valence-electron chi connectivity index (χ1n) is 5.04. The second kappa shape index (κ2) is 5.37. The summed E-state index contributed by atoms with van der Waals surface area (Å²) in [5, 5.41) is 3.05. The number of hydrogen-bond acceptors (Lipinski definition) is 3. The third kappa shape index (κ3) is 2.80. The van der Waals surface area contributed by atoms with Gasteiger partial charge < -0.3 is 11.1 Å². The summed E-state index contributed by atoms with van der Waals surface area (Å²) in [6.45, 7) is 0. The van der Waals surface area contributed by atoms with Gasteiger partial charge in [0, 0.05) is 10.7 Å². The number of benzene rings is 1. The second-order valence-corrected chi connectivity index (χ2v) is 4.87. The van der Waals surface area contributed by atoms with E-state index in [0.717, 1.165) is 4.47 Å². The molecule has 0 saturated heterocycles. The van der Waals surface area contributed by atoms with Gasteiger partial charge in [-0.2, -0.15) is 0 Å². The lowest BCUT2D eigenvalue weighted by atomic mass is 10.1. The zero-order valence-electron chi connectivity index (χ0n) is 9.15. The number of rotatable bonds is 2. The van der Waals surface area contributed by atoms with Crippen LogP contribution in [0, 0.1) is 0 Å². The van der Waals surface area contributed by atoms with Crippen molar-refractivity contribution in [3.63, 3.8) is 0 Å².